The van der Waals surface area contributed by atoms with E-state index in [9.17, 15) is 14.4 Å². The van der Waals surface area contributed by atoms with Crippen LogP contribution in [0.25, 0.3) is 0 Å². The summed E-state index contributed by atoms with van der Waals surface area (Å²) in [6, 6.07) is 8.24. The van der Waals surface area contributed by atoms with E-state index in [1.54, 1.807) is 30.3 Å². The predicted octanol–water partition coefficient (Wildman–Crippen LogP) is 3.32. The molecule has 144 valence electrons. The minimum atomic E-state index is -0.538. The number of aromatic nitrogens is 1. The normalized spacial score (nSPS) is 10.5. The first-order valence-corrected chi connectivity index (χ1v) is 9.10. The number of carbonyl (C=O) groups excluding carboxylic acids is 3. The number of aryl methyl sites for hydroxylation is 1. The minimum Gasteiger partial charge on any atom is -0.457 e. The number of nitrogens with zero attached hydrogens (tertiary/aromatic N) is 1. The molecular formula is C20H23ClN2O4. The number of benzene rings is 1. The van der Waals surface area contributed by atoms with E-state index in [2.05, 4.69) is 5.32 Å². The van der Waals surface area contributed by atoms with Crippen LogP contribution in [-0.2, 0) is 16.1 Å². The summed E-state index contributed by atoms with van der Waals surface area (Å²) in [5.74, 6) is -1.08. The van der Waals surface area contributed by atoms with Crippen LogP contribution >= 0.6 is 11.6 Å². The monoisotopic (exact) mass is 390 g/mol. The Bertz CT molecular complexity index is 840. The Balaban J connectivity index is 1.77. The highest BCUT2D eigenvalue weighted by atomic mass is 35.5. The molecule has 0 spiro atoms. The molecule has 0 aliphatic rings. The summed E-state index contributed by atoms with van der Waals surface area (Å²) in [7, 11) is 0. The second-order valence-electron chi connectivity index (χ2n) is 6.13. The molecule has 7 heteroatoms. The lowest BCUT2D eigenvalue weighted by atomic mass is 10.1. The second kappa shape index (κ2) is 9.37. The van der Waals surface area contributed by atoms with Crippen LogP contribution in [0.15, 0.2) is 30.3 Å². The van der Waals surface area contributed by atoms with Gasteiger partial charge in [0.1, 0.15) is 0 Å². The lowest BCUT2D eigenvalue weighted by Gasteiger charge is -2.07. The molecule has 2 rings (SSSR count). The van der Waals surface area contributed by atoms with Gasteiger partial charge >= 0.3 is 5.97 Å². The zero-order valence-electron chi connectivity index (χ0n) is 15.7. The maximum absolute atomic E-state index is 12.3. The van der Waals surface area contributed by atoms with Gasteiger partial charge in [-0.2, -0.15) is 0 Å². The summed E-state index contributed by atoms with van der Waals surface area (Å²) in [6.45, 7) is 6.40. The van der Waals surface area contributed by atoms with Crippen LogP contribution < -0.4 is 5.32 Å². The molecule has 0 aliphatic heterocycles. The van der Waals surface area contributed by atoms with Crippen molar-refractivity contribution < 1.29 is 19.1 Å². The number of carbonyl (C=O) groups is 3. The summed E-state index contributed by atoms with van der Waals surface area (Å²) in [5.41, 5.74) is 2.88. The van der Waals surface area contributed by atoms with Crippen molar-refractivity contribution in [1.82, 2.24) is 9.88 Å². The second-order valence-corrected chi connectivity index (χ2v) is 6.56. The number of ether oxygens (including phenoxy) is 1. The van der Waals surface area contributed by atoms with Gasteiger partial charge < -0.3 is 14.6 Å². The van der Waals surface area contributed by atoms with Crippen LogP contribution in [-0.4, -0.2) is 35.4 Å². The van der Waals surface area contributed by atoms with Crippen molar-refractivity contribution >= 4 is 29.3 Å². The van der Waals surface area contributed by atoms with Gasteiger partial charge in [0, 0.05) is 40.6 Å². The molecule has 0 bridgehead atoms. The summed E-state index contributed by atoms with van der Waals surface area (Å²) in [6.07, 6.45) is -0.0133. The molecule has 0 atom stereocenters. The third-order valence-corrected chi connectivity index (χ3v) is 4.53. The van der Waals surface area contributed by atoms with Gasteiger partial charge in [-0.3, -0.25) is 14.4 Å². The molecule has 0 radical (unpaired) electrons. The summed E-state index contributed by atoms with van der Waals surface area (Å²) >= 11 is 5.77. The van der Waals surface area contributed by atoms with E-state index >= 15 is 0 Å². The van der Waals surface area contributed by atoms with E-state index in [1.165, 1.54) is 0 Å². The van der Waals surface area contributed by atoms with Crippen molar-refractivity contribution in [3.8, 4) is 0 Å². The van der Waals surface area contributed by atoms with Crippen LogP contribution in [0.2, 0.25) is 5.02 Å². The molecule has 1 aromatic carbocycles. The van der Waals surface area contributed by atoms with E-state index in [4.69, 9.17) is 16.3 Å². The Morgan fingerprint density at radius 2 is 1.81 bits per heavy atom. The van der Waals surface area contributed by atoms with Crippen LogP contribution in [0.4, 0.5) is 0 Å². The van der Waals surface area contributed by atoms with E-state index < -0.39 is 5.97 Å². The lowest BCUT2D eigenvalue weighted by molar-refractivity contribution is -0.142. The first-order valence-electron chi connectivity index (χ1n) is 8.72. The van der Waals surface area contributed by atoms with Crippen LogP contribution in [0.1, 0.15) is 45.4 Å². The summed E-state index contributed by atoms with van der Waals surface area (Å²) in [5, 5.41) is 3.17. The highest BCUT2D eigenvalue weighted by Gasteiger charge is 2.16. The quantitative estimate of drug-likeness (QED) is 0.554. The van der Waals surface area contributed by atoms with Gasteiger partial charge in [-0.25, -0.2) is 0 Å². The molecule has 0 saturated heterocycles. The average molecular weight is 391 g/mol. The van der Waals surface area contributed by atoms with E-state index in [-0.39, 0.29) is 31.3 Å². The molecule has 1 N–H and O–H groups in total. The van der Waals surface area contributed by atoms with Gasteiger partial charge in [-0.15, -0.1) is 0 Å². The fourth-order valence-corrected chi connectivity index (χ4v) is 2.97. The van der Waals surface area contributed by atoms with E-state index in [1.807, 2.05) is 25.3 Å². The zero-order chi connectivity index (χ0) is 20.0. The SMILES string of the molecule is CCn1c(C)cc(C(=O)COC(=O)CCNC(=O)c2ccc(Cl)cc2)c1C. The molecule has 0 fully saturated rings. The van der Waals surface area contributed by atoms with Gasteiger partial charge in [0.2, 0.25) is 5.78 Å². The predicted molar refractivity (Wildman–Crippen MR) is 103 cm³/mol. The molecule has 0 unspecified atom stereocenters. The van der Waals surface area contributed by atoms with Crippen molar-refractivity contribution in [3.63, 3.8) is 0 Å². The highest BCUT2D eigenvalue weighted by molar-refractivity contribution is 6.30. The number of esters is 1. The molecule has 0 aliphatic carbocycles. The number of hydrogen-bond donors (Lipinski definition) is 1. The molecule has 1 amide bonds. The Morgan fingerprint density at radius 3 is 2.41 bits per heavy atom. The third-order valence-electron chi connectivity index (χ3n) is 4.28. The van der Waals surface area contributed by atoms with Gasteiger partial charge in [0.15, 0.2) is 6.61 Å². The number of hydrogen-bond acceptors (Lipinski definition) is 4. The number of nitrogens with one attached hydrogen (secondary N) is 1. The minimum absolute atomic E-state index is 0.0133. The van der Waals surface area contributed by atoms with E-state index in [0.29, 0.717) is 16.1 Å². The number of halogens is 1. The third kappa shape index (κ3) is 5.44. The Labute approximate surface area is 163 Å². The van der Waals surface area contributed by atoms with Crippen molar-refractivity contribution in [1.29, 1.82) is 0 Å². The van der Waals surface area contributed by atoms with Gasteiger partial charge in [-0.1, -0.05) is 11.6 Å². The Hall–Kier alpha value is -2.60. The molecular weight excluding hydrogens is 368 g/mol. The van der Waals surface area contributed by atoms with Gasteiger partial charge in [-0.05, 0) is 51.1 Å². The maximum Gasteiger partial charge on any atom is 0.308 e. The fourth-order valence-electron chi connectivity index (χ4n) is 2.85. The number of amides is 1. The Morgan fingerprint density at radius 1 is 1.15 bits per heavy atom. The summed E-state index contributed by atoms with van der Waals surface area (Å²) in [4.78, 5) is 36.0. The first kappa shape index (κ1) is 20.7. The smallest absolute Gasteiger partial charge is 0.308 e. The molecule has 1 heterocycles. The van der Waals surface area contributed by atoms with Gasteiger partial charge in [0.05, 0.1) is 6.42 Å². The summed E-state index contributed by atoms with van der Waals surface area (Å²) < 4.78 is 7.06. The fraction of sp³-hybridized carbons (Fsp3) is 0.350. The van der Waals surface area contributed by atoms with Crippen molar-refractivity contribution in [2.24, 2.45) is 0 Å². The topological polar surface area (TPSA) is 77.4 Å². The van der Waals surface area contributed by atoms with Crippen LogP contribution in [0.3, 0.4) is 0 Å². The largest absolute Gasteiger partial charge is 0.457 e. The zero-order valence-corrected chi connectivity index (χ0v) is 16.4. The lowest BCUT2D eigenvalue weighted by Crippen LogP contribution is -2.27. The van der Waals surface area contributed by atoms with Crippen molar-refractivity contribution in [3.05, 3.63) is 57.9 Å². The molecule has 0 saturated carbocycles. The first-order chi connectivity index (χ1) is 12.8. The number of Topliss-reactive ketones (excluding diaryl/α,β-unsaturated/α-hetero) is 1. The number of rotatable bonds is 8. The Kier molecular flexibility index (Phi) is 7.19. The molecule has 1 aromatic heterocycles. The van der Waals surface area contributed by atoms with Crippen molar-refractivity contribution in [2.45, 2.75) is 33.7 Å². The van der Waals surface area contributed by atoms with Crippen LogP contribution in [0.5, 0.6) is 0 Å². The van der Waals surface area contributed by atoms with Crippen molar-refractivity contribution in [2.75, 3.05) is 13.2 Å². The standard InChI is InChI=1S/C20H23ClN2O4/c1-4-23-13(2)11-17(14(23)3)18(24)12-27-19(25)9-10-22-20(26)15-5-7-16(21)8-6-15/h5-8,11H,4,9-10,12H2,1-3H3,(H,22,26). The van der Waals surface area contributed by atoms with Gasteiger partial charge in [0.25, 0.3) is 5.91 Å². The molecule has 27 heavy (non-hydrogen) atoms. The number of ketones is 1. The maximum atomic E-state index is 12.3. The van der Waals surface area contributed by atoms with E-state index in [0.717, 1.165) is 17.9 Å². The highest BCUT2D eigenvalue weighted by Crippen LogP contribution is 2.15. The van der Waals surface area contributed by atoms with Crippen LogP contribution in [0, 0.1) is 13.8 Å². The molecule has 2 aromatic rings. The molecule has 6 nitrogen and oxygen atoms in total. The average Bonchev–Trinajstić information content (AvgIpc) is 2.93.